The molecule has 172 valence electrons. The Morgan fingerprint density at radius 3 is 2.15 bits per heavy atom. The van der Waals surface area contributed by atoms with E-state index in [1.807, 2.05) is 62.4 Å². The molecule has 0 aliphatic heterocycles. The van der Waals surface area contributed by atoms with Crippen LogP contribution in [0.25, 0.3) is 0 Å². The van der Waals surface area contributed by atoms with E-state index >= 15 is 0 Å². The minimum atomic E-state index is -0.787. The zero-order chi connectivity index (χ0) is 23.8. The third-order valence-corrected chi connectivity index (χ3v) is 5.67. The van der Waals surface area contributed by atoms with E-state index in [1.54, 1.807) is 24.3 Å². The summed E-state index contributed by atoms with van der Waals surface area (Å²) in [6.45, 7) is 3.88. The fraction of sp³-hybridized carbons (Fsp3) is 0.259. The molecule has 0 aliphatic rings. The Hall–Kier alpha value is -3.18. The van der Waals surface area contributed by atoms with Crippen LogP contribution in [0.1, 0.15) is 30.5 Å². The Labute approximate surface area is 199 Å². The molecule has 0 saturated carbocycles. The van der Waals surface area contributed by atoms with Crippen molar-refractivity contribution >= 4 is 23.4 Å². The Kier molecular flexibility index (Phi) is 8.61. The number of nitrogens with one attached hydrogen (secondary N) is 1. The van der Waals surface area contributed by atoms with Gasteiger partial charge in [0, 0.05) is 24.0 Å². The van der Waals surface area contributed by atoms with Crippen LogP contribution in [0.2, 0.25) is 5.02 Å². The predicted octanol–water partition coefficient (Wildman–Crippen LogP) is 5.19. The normalized spacial score (nSPS) is 11.8. The van der Waals surface area contributed by atoms with Crippen LogP contribution < -0.4 is 5.32 Å². The number of carbonyl (C=O) groups is 2. The molecule has 2 amide bonds. The van der Waals surface area contributed by atoms with Crippen LogP contribution in [0.4, 0.5) is 4.39 Å². The molecule has 0 radical (unpaired) electrons. The highest BCUT2D eigenvalue weighted by molar-refractivity contribution is 6.31. The minimum absolute atomic E-state index is 0.0976. The van der Waals surface area contributed by atoms with Gasteiger partial charge in [0.05, 0.1) is 6.42 Å². The van der Waals surface area contributed by atoms with Crippen molar-refractivity contribution in [2.45, 2.75) is 45.3 Å². The first-order chi connectivity index (χ1) is 15.8. The second-order valence-corrected chi connectivity index (χ2v) is 8.66. The molecule has 0 aromatic heterocycles. The zero-order valence-corrected chi connectivity index (χ0v) is 19.6. The number of halogens is 2. The topological polar surface area (TPSA) is 49.4 Å². The molecule has 0 bridgehead atoms. The lowest BCUT2D eigenvalue weighted by atomic mass is 10.0. The molecule has 0 heterocycles. The molecule has 0 aliphatic carbocycles. The standard InChI is InChI=1S/C27H28ClFN2O2/c1-19(2)30-27(33)25(16-20-10-4-3-5-11-20)31(18-22-13-6-8-14-23(22)28)26(32)17-21-12-7-9-15-24(21)29/h3-15,19,25H,16-18H2,1-2H3,(H,30,33). The van der Waals surface area contributed by atoms with Crippen molar-refractivity contribution in [3.8, 4) is 0 Å². The molecule has 1 N–H and O–H groups in total. The molecule has 0 fully saturated rings. The maximum atomic E-state index is 14.3. The van der Waals surface area contributed by atoms with Gasteiger partial charge in [-0.2, -0.15) is 0 Å². The van der Waals surface area contributed by atoms with Crippen LogP contribution in [-0.4, -0.2) is 28.8 Å². The first-order valence-electron chi connectivity index (χ1n) is 11.0. The first-order valence-corrected chi connectivity index (χ1v) is 11.3. The van der Waals surface area contributed by atoms with Crippen LogP contribution >= 0.6 is 11.6 Å². The van der Waals surface area contributed by atoms with E-state index in [9.17, 15) is 14.0 Å². The summed E-state index contributed by atoms with van der Waals surface area (Å²) in [5.74, 6) is -1.06. The maximum absolute atomic E-state index is 14.3. The smallest absolute Gasteiger partial charge is 0.243 e. The van der Waals surface area contributed by atoms with E-state index in [-0.39, 0.29) is 36.4 Å². The van der Waals surface area contributed by atoms with Gasteiger partial charge in [0.25, 0.3) is 0 Å². The third kappa shape index (κ3) is 6.90. The quantitative estimate of drug-likeness (QED) is 0.472. The molecule has 33 heavy (non-hydrogen) atoms. The van der Waals surface area contributed by atoms with Crippen molar-refractivity contribution in [2.24, 2.45) is 0 Å². The molecule has 3 aromatic carbocycles. The monoisotopic (exact) mass is 466 g/mol. The zero-order valence-electron chi connectivity index (χ0n) is 18.8. The Balaban J connectivity index is 1.99. The van der Waals surface area contributed by atoms with E-state index in [4.69, 9.17) is 11.6 Å². The van der Waals surface area contributed by atoms with Crippen molar-refractivity contribution in [1.29, 1.82) is 0 Å². The highest BCUT2D eigenvalue weighted by Gasteiger charge is 2.31. The third-order valence-electron chi connectivity index (χ3n) is 5.30. The minimum Gasteiger partial charge on any atom is -0.352 e. The van der Waals surface area contributed by atoms with Gasteiger partial charge >= 0.3 is 0 Å². The average Bonchev–Trinajstić information content (AvgIpc) is 2.79. The van der Waals surface area contributed by atoms with E-state index < -0.39 is 11.9 Å². The van der Waals surface area contributed by atoms with E-state index in [2.05, 4.69) is 5.32 Å². The Morgan fingerprint density at radius 2 is 1.52 bits per heavy atom. The second-order valence-electron chi connectivity index (χ2n) is 8.25. The number of hydrogen-bond donors (Lipinski definition) is 1. The summed E-state index contributed by atoms with van der Waals surface area (Å²) in [6.07, 6.45) is 0.171. The van der Waals surface area contributed by atoms with Gasteiger partial charge in [-0.3, -0.25) is 9.59 Å². The van der Waals surface area contributed by atoms with Crippen molar-refractivity contribution in [3.63, 3.8) is 0 Å². The molecule has 0 saturated heterocycles. The predicted molar refractivity (Wildman–Crippen MR) is 129 cm³/mol. The summed E-state index contributed by atoms with van der Waals surface area (Å²) in [6, 6.07) is 22.1. The lowest BCUT2D eigenvalue weighted by Gasteiger charge is -2.32. The number of hydrogen-bond acceptors (Lipinski definition) is 2. The van der Waals surface area contributed by atoms with Crippen molar-refractivity contribution in [1.82, 2.24) is 10.2 Å². The summed E-state index contributed by atoms with van der Waals surface area (Å²) in [5.41, 5.74) is 1.93. The fourth-order valence-electron chi connectivity index (χ4n) is 3.65. The number of nitrogens with zero attached hydrogens (tertiary/aromatic N) is 1. The summed E-state index contributed by atoms with van der Waals surface area (Å²) in [4.78, 5) is 28.3. The molecule has 1 unspecified atom stereocenters. The highest BCUT2D eigenvalue weighted by Crippen LogP contribution is 2.22. The lowest BCUT2D eigenvalue weighted by molar-refractivity contribution is -0.141. The molecule has 3 rings (SSSR count). The van der Waals surface area contributed by atoms with Gasteiger partial charge < -0.3 is 10.2 Å². The fourth-order valence-corrected chi connectivity index (χ4v) is 3.85. The van der Waals surface area contributed by atoms with Crippen molar-refractivity contribution < 1.29 is 14.0 Å². The number of benzene rings is 3. The SMILES string of the molecule is CC(C)NC(=O)C(Cc1ccccc1)N(Cc1ccccc1Cl)C(=O)Cc1ccccc1F. The Bertz CT molecular complexity index is 1090. The van der Waals surface area contributed by atoms with Gasteiger partial charge in [0.1, 0.15) is 11.9 Å². The van der Waals surface area contributed by atoms with Gasteiger partial charge in [-0.1, -0.05) is 78.3 Å². The van der Waals surface area contributed by atoms with E-state index in [0.717, 1.165) is 11.1 Å². The summed E-state index contributed by atoms with van der Waals surface area (Å²) in [7, 11) is 0. The molecule has 6 heteroatoms. The largest absolute Gasteiger partial charge is 0.352 e. The number of amides is 2. The maximum Gasteiger partial charge on any atom is 0.243 e. The molecular formula is C27H28ClFN2O2. The average molecular weight is 467 g/mol. The van der Waals surface area contributed by atoms with Crippen LogP contribution in [-0.2, 0) is 29.0 Å². The molecule has 1 atom stereocenters. The molecule has 3 aromatic rings. The summed E-state index contributed by atoms with van der Waals surface area (Å²) in [5, 5.41) is 3.44. The lowest BCUT2D eigenvalue weighted by Crippen LogP contribution is -2.52. The van der Waals surface area contributed by atoms with Crippen LogP contribution in [0.15, 0.2) is 78.9 Å². The van der Waals surface area contributed by atoms with Gasteiger partial charge in [-0.25, -0.2) is 4.39 Å². The summed E-state index contributed by atoms with van der Waals surface area (Å²) >= 11 is 6.39. The molecule has 0 spiro atoms. The van der Waals surface area contributed by atoms with E-state index in [1.165, 1.54) is 11.0 Å². The summed E-state index contributed by atoms with van der Waals surface area (Å²) < 4.78 is 14.3. The van der Waals surface area contributed by atoms with Crippen LogP contribution in [0.3, 0.4) is 0 Å². The number of rotatable bonds is 9. The van der Waals surface area contributed by atoms with E-state index in [0.29, 0.717) is 11.4 Å². The highest BCUT2D eigenvalue weighted by atomic mass is 35.5. The van der Waals surface area contributed by atoms with Gasteiger partial charge in [-0.05, 0) is 42.7 Å². The van der Waals surface area contributed by atoms with Gasteiger partial charge in [0.15, 0.2) is 0 Å². The van der Waals surface area contributed by atoms with Crippen LogP contribution in [0, 0.1) is 5.82 Å². The first kappa shape index (κ1) is 24.5. The Morgan fingerprint density at radius 1 is 0.909 bits per heavy atom. The van der Waals surface area contributed by atoms with Crippen LogP contribution in [0.5, 0.6) is 0 Å². The second kappa shape index (κ2) is 11.6. The molecular weight excluding hydrogens is 439 g/mol. The molecule has 4 nitrogen and oxygen atoms in total. The van der Waals surface area contributed by atoms with Crippen molar-refractivity contribution in [2.75, 3.05) is 0 Å². The van der Waals surface area contributed by atoms with Crippen molar-refractivity contribution in [3.05, 3.63) is 106 Å². The number of carbonyl (C=O) groups excluding carboxylic acids is 2. The van der Waals surface area contributed by atoms with Gasteiger partial charge in [0.2, 0.25) is 11.8 Å². The van der Waals surface area contributed by atoms with Gasteiger partial charge in [-0.15, -0.1) is 0 Å².